The van der Waals surface area contributed by atoms with Gasteiger partial charge in [0.2, 0.25) is 5.75 Å². The van der Waals surface area contributed by atoms with Gasteiger partial charge in [0.05, 0.1) is 34.0 Å². The molecule has 2 saturated heterocycles. The quantitative estimate of drug-likeness (QED) is 0.118. The molecule has 3 aromatic rings. The number of aliphatic hydroxyl groups is 8. The molecule has 17 nitrogen and oxygen atoms in total. The summed E-state index contributed by atoms with van der Waals surface area (Å²) in [5, 5.41) is 106. The molecule has 2 fully saturated rings. The maximum Gasteiger partial charge on any atom is 0.274 e. The lowest BCUT2D eigenvalue weighted by atomic mass is 9.74. The molecule has 0 aliphatic carbocycles. The molecule has 0 amide bonds. The summed E-state index contributed by atoms with van der Waals surface area (Å²) >= 11 is 0. The van der Waals surface area contributed by atoms with Gasteiger partial charge in [-0.25, -0.2) is 0 Å². The van der Waals surface area contributed by atoms with Crippen molar-refractivity contribution >= 4 is 11.0 Å². The molecule has 10 N–H and O–H groups in total. The van der Waals surface area contributed by atoms with Gasteiger partial charge in [0, 0.05) is 23.8 Å². The van der Waals surface area contributed by atoms with Crippen molar-refractivity contribution in [3.05, 3.63) is 40.6 Å². The Balaban J connectivity index is 1.70. The van der Waals surface area contributed by atoms with E-state index in [1.54, 1.807) is 0 Å². The number of rotatable bonds is 8. The average molecular weight is 655 g/mol. The van der Waals surface area contributed by atoms with Gasteiger partial charge in [-0.1, -0.05) is 0 Å². The Bertz CT molecular complexity index is 1610. The highest BCUT2D eigenvalue weighted by Gasteiger charge is 2.72. The van der Waals surface area contributed by atoms with Crippen LogP contribution in [0.25, 0.3) is 22.3 Å². The Morgan fingerprint density at radius 3 is 2.11 bits per heavy atom. The lowest BCUT2D eigenvalue weighted by Gasteiger charge is -2.58. The molecule has 0 spiro atoms. The predicted octanol–water partition coefficient (Wildman–Crippen LogP) is -2.72. The first kappa shape index (κ1) is 33.6. The fourth-order valence-electron chi connectivity index (χ4n) is 5.78. The maximum atomic E-state index is 13.1. The molecule has 3 heterocycles. The van der Waals surface area contributed by atoms with Crippen LogP contribution < -0.4 is 19.6 Å². The zero-order valence-electron chi connectivity index (χ0n) is 24.4. The standard InChI is InChI=1S/C29H34O17/c1-41-18-3-11(4-19(42-2)23(18)36)16-7-14(33)21-13(32)5-12(6-17(21)44-16)45-29(27(40)25(38)24(37)20(8-30)46-29)28(10-31)26(39)22(35)15(34)9-43-28/h3-7,15,20,22,24-27,30-32,34-40H,8-10H2,1-2H3. The van der Waals surface area contributed by atoms with Gasteiger partial charge in [0.25, 0.3) is 5.79 Å². The van der Waals surface area contributed by atoms with E-state index >= 15 is 0 Å². The van der Waals surface area contributed by atoms with Gasteiger partial charge in [-0.15, -0.1) is 0 Å². The number of benzene rings is 2. The SMILES string of the molecule is COc1cc(-c2cc(=O)c3c(O)cc(OC4(C5(CO)OCC(O)C(O)C5O)OC(CO)C(O)C(O)C4O)cc3o2)cc(OC)c1O. The van der Waals surface area contributed by atoms with E-state index < -0.39 is 90.9 Å². The maximum absolute atomic E-state index is 13.1. The van der Waals surface area contributed by atoms with Crippen molar-refractivity contribution < 1.29 is 79.2 Å². The first-order valence-corrected chi connectivity index (χ1v) is 13.9. The Morgan fingerprint density at radius 1 is 0.870 bits per heavy atom. The van der Waals surface area contributed by atoms with Gasteiger partial charge in [0.1, 0.15) is 64.9 Å². The number of phenolic OH excluding ortho intramolecular Hbond substituents is 2. The van der Waals surface area contributed by atoms with Crippen LogP contribution in [0.5, 0.6) is 28.7 Å². The minimum Gasteiger partial charge on any atom is -0.507 e. The average Bonchev–Trinajstić information content (AvgIpc) is 3.04. The zero-order chi connectivity index (χ0) is 33.7. The van der Waals surface area contributed by atoms with Crippen LogP contribution >= 0.6 is 0 Å². The number of phenols is 2. The fourth-order valence-corrected chi connectivity index (χ4v) is 5.78. The minimum atomic E-state index is -2.98. The second kappa shape index (κ2) is 12.5. The summed E-state index contributed by atoms with van der Waals surface area (Å²) in [5.74, 6) is -4.64. The molecular weight excluding hydrogens is 620 g/mol. The monoisotopic (exact) mass is 654 g/mol. The van der Waals surface area contributed by atoms with E-state index in [1.807, 2.05) is 0 Å². The zero-order valence-corrected chi connectivity index (χ0v) is 24.4. The van der Waals surface area contributed by atoms with E-state index in [9.17, 15) is 55.9 Å². The lowest BCUT2D eigenvalue weighted by molar-refractivity contribution is -0.425. The van der Waals surface area contributed by atoms with Crippen LogP contribution in [0.1, 0.15) is 0 Å². The summed E-state index contributed by atoms with van der Waals surface area (Å²) in [6.45, 7) is -3.03. The number of methoxy groups -OCH3 is 2. The molecule has 2 aliphatic heterocycles. The Labute approximate surface area is 259 Å². The number of aromatic hydroxyl groups is 2. The third kappa shape index (κ3) is 5.10. The number of aliphatic hydroxyl groups excluding tert-OH is 8. The van der Waals surface area contributed by atoms with Crippen LogP contribution in [0.4, 0.5) is 0 Å². The molecule has 46 heavy (non-hydrogen) atoms. The third-order valence-electron chi connectivity index (χ3n) is 8.30. The highest BCUT2D eigenvalue weighted by atomic mass is 16.8. The smallest absolute Gasteiger partial charge is 0.274 e. The molecule has 252 valence electrons. The molecule has 1 aromatic heterocycles. The van der Waals surface area contributed by atoms with Crippen molar-refractivity contribution in [1.82, 2.24) is 0 Å². The normalized spacial score (nSPS) is 33.1. The van der Waals surface area contributed by atoms with Crippen molar-refractivity contribution in [2.75, 3.05) is 34.0 Å². The summed E-state index contributed by atoms with van der Waals surface area (Å²) in [4.78, 5) is 13.1. The first-order chi connectivity index (χ1) is 21.8. The molecule has 9 atom stereocenters. The van der Waals surface area contributed by atoms with Gasteiger partial charge in [-0.05, 0) is 12.1 Å². The fraction of sp³-hybridized carbons (Fsp3) is 0.483. The molecule has 5 rings (SSSR count). The van der Waals surface area contributed by atoms with Crippen LogP contribution in [0, 0.1) is 0 Å². The van der Waals surface area contributed by atoms with Gasteiger partial charge in [0.15, 0.2) is 28.6 Å². The molecule has 0 bridgehead atoms. The van der Waals surface area contributed by atoms with E-state index in [4.69, 9.17) is 28.1 Å². The van der Waals surface area contributed by atoms with E-state index in [2.05, 4.69) is 0 Å². The molecular formula is C29H34O17. The molecule has 9 unspecified atom stereocenters. The molecule has 0 saturated carbocycles. The van der Waals surface area contributed by atoms with Crippen molar-refractivity contribution in [3.8, 4) is 40.1 Å². The second-order valence-corrected chi connectivity index (χ2v) is 10.9. The summed E-state index contributed by atoms with van der Waals surface area (Å²) in [6, 6.07) is 5.66. The molecule has 0 radical (unpaired) electrons. The highest BCUT2D eigenvalue weighted by molar-refractivity contribution is 5.86. The lowest BCUT2D eigenvalue weighted by Crippen LogP contribution is -2.82. The van der Waals surface area contributed by atoms with Gasteiger partial charge in [-0.3, -0.25) is 4.79 Å². The Hall–Kier alpha value is -3.75. The number of fused-ring (bicyclic) bond motifs is 1. The number of ether oxygens (including phenoxy) is 5. The van der Waals surface area contributed by atoms with E-state index in [0.29, 0.717) is 0 Å². The van der Waals surface area contributed by atoms with Crippen LogP contribution in [-0.4, -0.2) is 139 Å². The van der Waals surface area contributed by atoms with Crippen molar-refractivity contribution in [2.24, 2.45) is 0 Å². The highest BCUT2D eigenvalue weighted by Crippen LogP contribution is 2.47. The molecule has 17 heteroatoms. The van der Waals surface area contributed by atoms with Crippen molar-refractivity contribution in [3.63, 3.8) is 0 Å². The number of hydrogen-bond acceptors (Lipinski definition) is 17. The van der Waals surface area contributed by atoms with Crippen molar-refractivity contribution in [2.45, 2.75) is 54.1 Å². The number of hydrogen-bond donors (Lipinski definition) is 10. The van der Waals surface area contributed by atoms with Gasteiger partial charge >= 0.3 is 0 Å². The summed E-state index contributed by atoms with van der Waals surface area (Å²) in [5.41, 5.74) is -3.57. The van der Waals surface area contributed by atoms with Gasteiger partial charge < -0.3 is 79.2 Å². The molecule has 2 aromatic carbocycles. The topological polar surface area (TPSA) is 279 Å². The van der Waals surface area contributed by atoms with Crippen LogP contribution in [0.3, 0.4) is 0 Å². The van der Waals surface area contributed by atoms with Crippen molar-refractivity contribution in [1.29, 1.82) is 0 Å². The van der Waals surface area contributed by atoms with Gasteiger partial charge in [-0.2, -0.15) is 0 Å². The van der Waals surface area contributed by atoms with E-state index in [-0.39, 0.29) is 39.5 Å². The Kier molecular flexibility index (Phi) is 9.10. The minimum absolute atomic E-state index is 0.0192. The Morgan fingerprint density at radius 2 is 1.52 bits per heavy atom. The summed E-state index contributed by atoms with van der Waals surface area (Å²) in [7, 11) is 2.58. The third-order valence-corrected chi connectivity index (χ3v) is 8.30. The van der Waals surface area contributed by atoms with Crippen LogP contribution in [-0.2, 0) is 9.47 Å². The van der Waals surface area contributed by atoms with Crippen LogP contribution in [0.2, 0.25) is 0 Å². The second-order valence-electron chi connectivity index (χ2n) is 10.9. The largest absolute Gasteiger partial charge is 0.507 e. The van der Waals surface area contributed by atoms with E-state index in [0.717, 1.165) is 18.2 Å². The summed E-state index contributed by atoms with van der Waals surface area (Å²) < 4.78 is 33.5. The van der Waals surface area contributed by atoms with Crippen LogP contribution in [0.15, 0.2) is 39.5 Å². The summed E-state index contributed by atoms with van der Waals surface area (Å²) in [6.07, 6.45) is -14.2. The molecule has 2 aliphatic rings. The van der Waals surface area contributed by atoms with E-state index in [1.165, 1.54) is 26.4 Å². The first-order valence-electron chi connectivity index (χ1n) is 13.9. The predicted molar refractivity (Wildman–Crippen MR) is 151 cm³/mol.